The van der Waals surface area contributed by atoms with Gasteiger partial charge in [-0.05, 0) is 49.4 Å². The number of hydrogen-bond donors (Lipinski definition) is 3. The highest BCUT2D eigenvalue weighted by atomic mass is 31.2. The van der Waals surface area contributed by atoms with Crippen molar-refractivity contribution in [3.05, 3.63) is 0 Å². The van der Waals surface area contributed by atoms with Crippen molar-refractivity contribution < 1.29 is 80.2 Å². The van der Waals surface area contributed by atoms with E-state index in [1.807, 2.05) is 0 Å². The van der Waals surface area contributed by atoms with Crippen LogP contribution in [0.1, 0.15) is 351 Å². The smallest absolute Gasteiger partial charge is 0.462 e. The van der Waals surface area contributed by atoms with Crippen LogP contribution in [0.15, 0.2) is 0 Å². The molecule has 0 saturated carbocycles. The van der Waals surface area contributed by atoms with E-state index in [1.165, 1.54) is 154 Å². The Balaban J connectivity index is 5.20. The molecule has 0 spiro atoms. The molecule has 0 aromatic rings. The first-order valence-corrected chi connectivity index (χ1v) is 39.8. The molecule has 0 amide bonds. The van der Waals surface area contributed by atoms with Crippen LogP contribution in [0.5, 0.6) is 0 Å². The molecule has 0 rings (SSSR count). The molecule has 0 heterocycles. The van der Waals surface area contributed by atoms with Crippen LogP contribution in [0.25, 0.3) is 0 Å². The van der Waals surface area contributed by atoms with Crippen molar-refractivity contribution in [2.75, 3.05) is 39.6 Å². The number of carbonyl (C=O) groups excluding carboxylic acids is 4. The molecule has 0 aliphatic carbocycles. The van der Waals surface area contributed by atoms with E-state index < -0.39 is 97.5 Å². The van der Waals surface area contributed by atoms with Crippen LogP contribution in [-0.2, 0) is 65.4 Å². The van der Waals surface area contributed by atoms with Crippen molar-refractivity contribution in [3.8, 4) is 0 Å². The van der Waals surface area contributed by atoms with Gasteiger partial charge in [-0.25, -0.2) is 9.13 Å². The van der Waals surface area contributed by atoms with Crippen LogP contribution in [0.4, 0.5) is 0 Å². The van der Waals surface area contributed by atoms with Gasteiger partial charge < -0.3 is 33.8 Å². The molecule has 534 valence electrons. The van der Waals surface area contributed by atoms with Crippen LogP contribution in [0, 0.1) is 23.7 Å². The van der Waals surface area contributed by atoms with Gasteiger partial charge in [0.05, 0.1) is 26.4 Å². The van der Waals surface area contributed by atoms with E-state index in [0.29, 0.717) is 31.6 Å². The molecule has 0 fully saturated rings. The van der Waals surface area contributed by atoms with Crippen LogP contribution >= 0.6 is 15.6 Å². The minimum atomic E-state index is -4.95. The van der Waals surface area contributed by atoms with Gasteiger partial charge in [0.1, 0.15) is 19.3 Å². The summed E-state index contributed by atoms with van der Waals surface area (Å²) >= 11 is 0. The van der Waals surface area contributed by atoms with Crippen LogP contribution in [-0.4, -0.2) is 96.7 Å². The highest BCUT2D eigenvalue weighted by Crippen LogP contribution is 2.45. The summed E-state index contributed by atoms with van der Waals surface area (Å²) in [6.07, 6.45) is 43.2. The molecule has 5 unspecified atom stereocenters. The molecular formula is C71H138O17P2. The molecule has 17 nitrogen and oxygen atoms in total. The molecule has 0 saturated heterocycles. The predicted octanol–water partition coefficient (Wildman–Crippen LogP) is 20.1. The normalized spacial score (nSPS) is 14.9. The second-order valence-corrected chi connectivity index (χ2v) is 30.0. The van der Waals surface area contributed by atoms with Crippen molar-refractivity contribution in [1.82, 2.24) is 0 Å². The average Bonchev–Trinajstić information content (AvgIpc) is 3.71. The Hall–Kier alpha value is -1.94. The predicted molar refractivity (Wildman–Crippen MR) is 363 cm³/mol. The fourth-order valence-electron chi connectivity index (χ4n) is 10.6. The lowest BCUT2D eigenvalue weighted by atomic mass is 9.99. The van der Waals surface area contributed by atoms with Crippen molar-refractivity contribution in [2.45, 2.75) is 369 Å². The van der Waals surface area contributed by atoms with Gasteiger partial charge in [-0.3, -0.25) is 37.3 Å². The van der Waals surface area contributed by atoms with Crippen molar-refractivity contribution >= 4 is 39.5 Å². The second-order valence-electron chi connectivity index (χ2n) is 27.1. The number of rotatable bonds is 68. The first-order chi connectivity index (χ1) is 43.2. The summed E-state index contributed by atoms with van der Waals surface area (Å²) in [5.74, 6) is 0.881. The Morgan fingerprint density at radius 2 is 0.533 bits per heavy atom. The Kier molecular flexibility index (Phi) is 59.4. The van der Waals surface area contributed by atoms with Gasteiger partial charge in [0.15, 0.2) is 12.2 Å². The number of hydrogen-bond acceptors (Lipinski definition) is 15. The van der Waals surface area contributed by atoms with Crippen molar-refractivity contribution in [1.29, 1.82) is 0 Å². The van der Waals surface area contributed by atoms with Gasteiger partial charge in [0.2, 0.25) is 0 Å². The number of ether oxygens (including phenoxy) is 4. The number of unbranched alkanes of at least 4 members (excludes halogenated alkanes) is 32. The molecule has 90 heavy (non-hydrogen) atoms. The molecule has 0 aliphatic rings. The maximum Gasteiger partial charge on any atom is 0.472 e. The number of phosphoric ester groups is 2. The lowest BCUT2D eigenvalue weighted by Crippen LogP contribution is -2.30. The van der Waals surface area contributed by atoms with Crippen LogP contribution < -0.4 is 0 Å². The zero-order valence-corrected chi connectivity index (χ0v) is 60.6. The molecule has 19 heteroatoms. The summed E-state index contributed by atoms with van der Waals surface area (Å²) in [5, 5.41) is 10.6. The summed E-state index contributed by atoms with van der Waals surface area (Å²) in [4.78, 5) is 72.5. The molecule has 0 bridgehead atoms. The van der Waals surface area contributed by atoms with Gasteiger partial charge in [-0.1, -0.05) is 299 Å². The zero-order valence-electron chi connectivity index (χ0n) is 58.8. The Labute approximate surface area is 549 Å². The molecule has 0 aliphatic heterocycles. The van der Waals surface area contributed by atoms with E-state index >= 15 is 0 Å². The third-order valence-corrected chi connectivity index (χ3v) is 18.9. The van der Waals surface area contributed by atoms with Gasteiger partial charge in [0.25, 0.3) is 0 Å². The Morgan fingerprint density at radius 3 is 0.789 bits per heavy atom. The third kappa shape index (κ3) is 62.2. The van der Waals surface area contributed by atoms with E-state index in [0.717, 1.165) is 108 Å². The zero-order chi connectivity index (χ0) is 66.8. The highest BCUT2D eigenvalue weighted by molar-refractivity contribution is 7.47. The van der Waals surface area contributed by atoms with Crippen molar-refractivity contribution in [3.63, 3.8) is 0 Å². The fourth-order valence-corrected chi connectivity index (χ4v) is 12.2. The van der Waals surface area contributed by atoms with Gasteiger partial charge >= 0.3 is 39.5 Å². The van der Waals surface area contributed by atoms with Gasteiger partial charge in [0, 0.05) is 25.7 Å². The van der Waals surface area contributed by atoms with Gasteiger partial charge in [-0.15, -0.1) is 0 Å². The lowest BCUT2D eigenvalue weighted by Gasteiger charge is -2.21. The fraction of sp³-hybridized carbons (Fsp3) is 0.944. The molecule has 0 aromatic carbocycles. The summed E-state index contributed by atoms with van der Waals surface area (Å²) in [6, 6.07) is 0. The summed E-state index contributed by atoms with van der Waals surface area (Å²) in [5.41, 5.74) is 0. The molecular weight excluding hydrogens is 1190 g/mol. The first-order valence-electron chi connectivity index (χ1n) is 36.8. The number of carbonyl (C=O) groups is 4. The average molecular weight is 1330 g/mol. The summed E-state index contributed by atoms with van der Waals surface area (Å²) < 4.78 is 68.2. The number of aliphatic hydroxyl groups excluding tert-OH is 1. The number of phosphoric acid groups is 2. The monoisotopic (exact) mass is 1320 g/mol. The minimum Gasteiger partial charge on any atom is -0.462 e. The van der Waals surface area contributed by atoms with Gasteiger partial charge in [-0.2, -0.15) is 0 Å². The quantitative estimate of drug-likeness (QED) is 0.0222. The highest BCUT2D eigenvalue weighted by Gasteiger charge is 2.30. The van der Waals surface area contributed by atoms with E-state index in [-0.39, 0.29) is 25.7 Å². The number of esters is 4. The SMILES string of the molecule is CCC(C)CCCCCCCCCCCCCCCCC(=O)OC[C@H](COP(=O)(O)OCC(O)COP(=O)(O)OC[C@@H](COC(=O)CCCCCCCCCCC(C)C)OC(=O)CCCCCCCCC(C)C)OC(=O)CCCCCCCCCCC(C)CC. The second kappa shape index (κ2) is 60.7. The maximum absolute atomic E-state index is 13.0. The molecule has 0 radical (unpaired) electrons. The summed E-state index contributed by atoms with van der Waals surface area (Å²) in [7, 11) is -9.90. The van der Waals surface area contributed by atoms with E-state index in [1.54, 1.807) is 0 Å². The van der Waals surface area contributed by atoms with Crippen molar-refractivity contribution in [2.24, 2.45) is 23.7 Å². The first kappa shape index (κ1) is 88.1. The lowest BCUT2D eigenvalue weighted by molar-refractivity contribution is -0.161. The Bertz CT molecular complexity index is 1790. The topological polar surface area (TPSA) is 237 Å². The van der Waals surface area contributed by atoms with E-state index in [2.05, 4.69) is 55.4 Å². The third-order valence-electron chi connectivity index (χ3n) is 17.0. The summed E-state index contributed by atoms with van der Waals surface area (Å²) in [6.45, 7) is 14.1. The molecule has 7 atom stereocenters. The standard InChI is InChI=1S/C71H138O17P2/c1-9-63(7)49-41-33-24-17-15-13-11-12-14-16-18-26-35-43-51-68(73)81-57-66(87-70(75)53-45-37-28-22-20-25-34-42-50-64(8)10-2)59-85-89(77,78)83-55-65(72)56-84-90(79,80)86-60-67(88-71(76)54-46-38-30-29-32-40-48-62(5)6)58-82-69(74)52-44-36-27-21-19-23-31-39-47-61(3)4/h61-67,72H,9-60H2,1-8H3,(H,77,78)(H,79,80)/t63?,64?,65?,66-,67-/m1/s1. The van der Waals surface area contributed by atoms with E-state index in [4.69, 9.17) is 37.0 Å². The van der Waals surface area contributed by atoms with Crippen LogP contribution in [0.3, 0.4) is 0 Å². The molecule has 0 aromatic heterocycles. The van der Waals surface area contributed by atoms with Crippen LogP contribution in [0.2, 0.25) is 0 Å². The Morgan fingerprint density at radius 1 is 0.311 bits per heavy atom. The minimum absolute atomic E-state index is 0.101. The number of aliphatic hydroxyl groups is 1. The largest absolute Gasteiger partial charge is 0.472 e. The van der Waals surface area contributed by atoms with E-state index in [9.17, 15) is 43.2 Å². The maximum atomic E-state index is 13.0. The molecule has 3 N–H and O–H groups in total.